The van der Waals surface area contributed by atoms with Crippen LogP contribution in [0, 0.1) is 0 Å². The number of hydrogen-bond acceptors (Lipinski definition) is 4. The number of aromatic nitrogens is 1. The van der Waals surface area contributed by atoms with Gasteiger partial charge in [0.25, 0.3) is 5.56 Å². The van der Waals surface area contributed by atoms with Crippen LogP contribution in [0.1, 0.15) is 23.1 Å². The molecule has 0 bridgehead atoms. The highest BCUT2D eigenvalue weighted by Gasteiger charge is 2.18. The zero-order valence-electron chi connectivity index (χ0n) is 15.9. The predicted molar refractivity (Wildman–Crippen MR) is 108 cm³/mol. The number of aryl methyl sites for hydroxylation is 1. The highest BCUT2D eigenvalue weighted by Crippen LogP contribution is 2.29. The van der Waals surface area contributed by atoms with E-state index in [9.17, 15) is 9.59 Å². The van der Waals surface area contributed by atoms with Crippen LogP contribution in [0.3, 0.4) is 0 Å². The van der Waals surface area contributed by atoms with Crippen LogP contribution in [-0.2, 0) is 24.1 Å². The molecule has 6 nitrogen and oxygen atoms in total. The van der Waals surface area contributed by atoms with Crippen molar-refractivity contribution in [3.8, 4) is 11.5 Å². The number of carbonyl (C=O) groups excluding carboxylic acids is 1. The summed E-state index contributed by atoms with van der Waals surface area (Å²) in [6, 6.07) is 11.1. The number of ether oxygens (including phenoxy) is 2. The van der Waals surface area contributed by atoms with Gasteiger partial charge in [0.05, 0.1) is 26.2 Å². The molecule has 144 valence electrons. The topological polar surface area (TPSA) is 80.4 Å². The Kier molecular flexibility index (Phi) is 4.77. The Morgan fingerprint density at radius 1 is 1.04 bits per heavy atom. The Labute approximate surface area is 162 Å². The molecule has 0 radical (unpaired) electrons. The Hall–Kier alpha value is -3.28. The summed E-state index contributed by atoms with van der Waals surface area (Å²) in [5.41, 5.74) is 4.26. The van der Waals surface area contributed by atoms with Crippen molar-refractivity contribution in [1.82, 2.24) is 4.98 Å². The summed E-state index contributed by atoms with van der Waals surface area (Å²) >= 11 is 0. The van der Waals surface area contributed by atoms with Gasteiger partial charge in [-0.3, -0.25) is 9.59 Å². The van der Waals surface area contributed by atoms with Crippen LogP contribution >= 0.6 is 0 Å². The Balaban J connectivity index is 1.54. The summed E-state index contributed by atoms with van der Waals surface area (Å²) in [5, 5.41) is 3.96. The van der Waals surface area contributed by atoms with Gasteiger partial charge < -0.3 is 19.8 Å². The summed E-state index contributed by atoms with van der Waals surface area (Å²) in [4.78, 5) is 27.7. The standard InChI is InChI=1S/C22H22N2O4/c1-27-19-9-6-13(10-20(19)28-2)11-21(25)23-14-7-8-16-15-4-3-5-17(15)22(26)24-18(16)12-14/h6-10,12H,3-5,11H2,1-2H3,(H,23,25)(H,24,26). The summed E-state index contributed by atoms with van der Waals surface area (Å²) < 4.78 is 10.5. The maximum absolute atomic E-state index is 12.5. The molecule has 0 unspecified atom stereocenters. The number of rotatable bonds is 5. The minimum absolute atomic E-state index is 0.0196. The Bertz CT molecular complexity index is 1120. The Morgan fingerprint density at radius 2 is 1.82 bits per heavy atom. The van der Waals surface area contributed by atoms with E-state index in [1.807, 2.05) is 24.3 Å². The molecule has 0 spiro atoms. The molecule has 0 fully saturated rings. The molecule has 3 aromatic rings. The molecular weight excluding hydrogens is 356 g/mol. The molecule has 1 aliphatic rings. The van der Waals surface area contributed by atoms with Gasteiger partial charge in [0.2, 0.25) is 5.91 Å². The third-order valence-electron chi connectivity index (χ3n) is 5.18. The third-order valence-corrected chi connectivity index (χ3v) is 5.18. The Morgan fingerprint density at radius 3 is 2.61 bits per heavy atom. The largest absolute Gasteiger partial charge is 0.493 e. The molecule has 2 N–H and O–H groups in total. The summed E-state index contributed by atoms with van der Waals surface area (Å²) in [7, 11) is 3.14. The van der Waals surface area contributed by atoms with E-state index in [1.54, 1.807) is 26.4 Å². The van der Waals surface area contributed by atoms with Crippen LogP contribution in [0.25, 0.3) is 10.9 Å². The fourth-order valence-corrected chi connectivity index (χ4v) is 3.86. The molecule has 6 heteroatoms. The van der Waals surface area contributed by atoms with E-state index in [4.69, 9.17) is 9.47 Å². The molecule has 1 heterocycles. The lowest BCUT2D eigenvalue weighted by atomic mass is 10.1. The average molecular weight is 378 g/mol. The number of aromatic amines is 1. The van der Waals surface area contributed by atoms with Crippen molar-refractivity contribution in [2.75, 3.05) is 19.5 Å². The van der Waals surface area contributed by atoms with Crippen molar-refractivity contribution in [3.05, 3.63) is 63.4 Å². The van der Waals surface area contributed by atoms with Gasteiger partial charge in [-0.05, 0) is 54.7 Å². The van der Waals surface area contributed by atoms with Gasteiger partial charge in [-0.2, -0.15) is 0 Å². The number of methoxy groups -OCH3 is 2. The fourth-order valence-electron chi connectivity index (χ4n) is 3.86. The molecule has 4 rings (SSSR count). The first kappa shape index (κ1) is 18.1. The first-order valence-corrected chi connectivity index (χ1v) is 9.27. The van der Waals surface area contributed by atoms with Gasteiger partial charge in [-0.25, -0.2) is 0 Å². The number of benzene rings is 2. The van der Waals surface area contributed by atoms with Crippen LogP contribution in [0.5, 0.6) is 11.5 Å². The van der Waals surface area contributed by atoms with Crippen LogP contribution in [0.2, 0.25) is 0 Å². The van der Waals surface area contributed by atoms with Crippen molar-refractivity contribution in [3.63, 3.8) is 0 Å². The van der Waals surface area contributed by atoms with Gasteiger partial charge in [0, 0.05) is 16.6 Å². The molecule has 0 saturated heterocycles. The molecule has 1 amide bonds. The summed E-state index contributed by atoms with van der Waals surface area (Å²) in [6.45, 7) is 0. The van der Waals surface area contributed by atoms with E-state index in [2.05, 4.69) is 10.3 Å². The van der Waals surface area contributed by atoms with E-state index in [-0.39, 0.29) is 17.9 Å². The van der Waals surface area contributed by atoms with E-state index < -0.39 is 0 Å². The van der Waals surface area contributed by atoms with Crippen molar-refractivity contribution in [1.29, 1.82) is 0 Å². The highest BCUT2D eigenvalue weighted by atomic mass is 16.5. The van der Waals surface area contributed by atoms with Crippen molar-refractivity contribution in [2.45, 2.75) is 25.7 Å². The second-order valence-corrected chi connectivity index (χ2v) is 6.94. The predicted octanol–water partition coefficient (Wildman–Crippen LogP) is 3.22. The van der Waals surface area contributed by atoms with Crippen LogP contribution < -0.4 is 20.3 Å². The number of nitrogens with one attached hydrogen (secondary N) is 2. The van der Waals surface area contributed by atoms with Gasteiger partial charge in [0.1, 0.15) is 0 Å². The van der Waals surface area contributed by atoms with Gasteiger partial charge in [0.15, 0.2) is 11.5 Å². The van der Waals surface area contributed by atoms with Gasteiger partial charge in [-0.15, -0.1) is 0 Å². The number of H-pyrrole nitrogens is 1. The zero-order chi connectivity index (χ0) is 19.7. The van der Waals surface area contributed by atoms with E-state index in [0.29, 0.717) is 17.2 Å². The lowest BCUT2D eigenvalue weighted by molar-refractivity contribution is -0.115. The third kappa shape index (κ3) is 3.33. The number of fused-ring (bicyclic) bond motifs is 3. The SMILES string of the molecule is COc1ccc(CC(=O)Nc2ccc3c4c(c(=O)[nH]c3c2)CCC4)cc1OC. The van der Waals surface area contributed by atoms with Crippen molar-refractivity contribution >= 4 is 22.5 Å². The lowest BCUT2D eigenvalue weighted by Gasteiger charge is -2.11. The first-order chi connectivity index (χ1) is 13.6. The fraction of sp³-hybridized carbons (Fsp3) is 0.273. The number of anilines is 1. The minimum atomic E-state index is -0.143. The quantitative estimate of drug-likeness (QED) is 0.714. The minimum Gasteiger partial charge on any atom is -0.493 e. The summed E-state index contributed by atoms with van der Waals surface area (Å²) in [6.07, 6.45) is 2.99. The van der Waals surface area contributed by atoms with Gasteiger partial charge in [-0.1, -0.05) is 12.1 Å². The molecule has 1 aromatic heterocycles. The van der Waals surface area contributed by atoms with E-state index in [1.165, 1.54) is 0 Å². The van der Waals surface area contributed by atoms with Crippen molar-refractivity contribution in [2.24, 2.45) is 0 Å². The number of hydrogen-bond donors (Lipinski definition) is 2. The first-order valence-electron chi connectivity index (χ1n) is 9.27. The average Bonchev–Trinajstić information content (AvgIpc) is 3.18. The van der Waals surface area contributed by atoms with Gasteiger partial charge >= 0.3 is 0 Å². The molecule has 0 saturated carbocycles. The molecule has 1 aliphatic carbocycles. The van der Waals surface area contributed by atoms with Crippen LogP contribution in [-0.4, -0.2) is 25.1 Å². The highest BCUT2D eigenvalue weighted by molar-refractivity contribution is 5.95. The number of carbonyl (C=O) groups is 1. The summed E-state index contributed by atoms with van der Waals surface area (Å²) in [5.74, 6) is 1.07. The second-order valence-electron chi connectivity index (χ2n) is 6.94. The molecule has 28 heavy (non-hydrogen) atoms. The lowest BCUT2D eigenvalue weighted by Crippen LogP contribution is -2.15. The maximum atomic E-state index is 12.5. The van der Waals surface area contributed by atoms with Crippen LogP contribution in [0.15, 0.2) is 41.2 Å². The van der Waals surface area contributed by atoms with Crippen molar-refractivity contribution < 1.29 is 14.3 Å². The monoisotopic (exact) mass is 378 g/mol. The molecule has 0 atom stereocenters. The van der Waals surface area contributed by atoms with Crippen LogP contribution in [0.4, 0.5) is 5.69 Å². The molecule has 2 aromatic carbocycles. The van der Waals surface area contributed by atoms with E-state index in [0.717, 1.165) is 46.9 Å². The normalized spacial score (nSPS) is 12.6. The molecule has 0 aliphatic heterocycles. The number of amides is 1. The number of pyridine rings is 1. The smallest absolute Gasteiger partial charge is 0.251 e. The maximum Gasteiger partial charge on any atom is 0.251 e. The van der Waals surface area contributed by atoms with E-state index >= 15 is 0 Å². The second kappa shape index (κ2) is 7.38. The zero-order valence-corrected chi connectivity index (χ0v) is 15.9. The molecular formula is C22H22N2O4.